The number of amides is 1. The number of carbonyl (C=O) groups excluding carboxylic acids is 1. The van der Waals surface area contributed by atoms with Crippen LogP contribution in [-0.2, 0) is 15.6 Å². The van der Waals surface area contributed by atoms with Crippen molar-refractivity contribution in [2.24, 2.45) is 5.73 Å². The summed E-state index contributed by atoms with van der Waals surface area (Å²) in [6.45, 7) is 0. The minimum Gasteiger partial charge on any atom is -0.497 e. The SMILES string of the molecule is COc1ccc(N)c(S(=O)CCCCC(N)=O)c1. The highest BCUT2D eigenvalue weighted by Crippen LogP contribution is 2.23. The highest BCUT2D eigenvalue weighted by Gasteiger charge is 2.09. The van der Waals surface area contributed by atoms with Crippen LogP contribution >= 0.6 is 0 Å². The summed E-state index contributed by atoms with van der Waals surface area (Å²) in [4.78, 5) is 11.1. The number of nitrogen functional groups attached to an aromatic ring is 1. The highest BCUT2D eigenvalue weighted by atomic mass is 32.2. The Kier molecular flexibility index (Phi) is 5.64. The molecule has 1 aromatic rings. The molecular weight excluding hydrogens is 252 g/mol. The van der Waals surface area contributed by atoms with Crippen LogP contribution in [0.5, 0.6) is 5.75 Å². The van der Waals surface area contributed by atoms with Crippen LogP contribution < -0.4 is 16.2 Å². The Balaban J connectivity index is 2.58. The second-order valence-electron chi connectivity index (χ2n) is 3.88. The zero-order valence-electron chi connectivity index (χ0n) is 10.3. The van der Waals surface area contributed by atoms with E-state index in [-0.39, 0.29) is 5.91 Å². The molecule has 1 rings (SSSR count). The van der Waals surface area contributed by atoms with E-state index in [1.54, 1.807) is 25.3 Å². The van der Waals surface area contributed by atoms with E-state index in [9.17, 15) is 9.00 Å². The number of primary amides is 1. The molecule has 0 spiro atoms. The Hall–Kier alpha value is -1.56. The molecule has 5 nitrogen and oxygen atoms in total. The van der Waals surface area contributed by atoms with Gasteiger partial charge in [-0.2, -0.15) is 0 Å². The van der Waals surface area contributed by atoms with Gasteiger partial charge in [0, 0.05) is 17.9 Å². The summed E-state index contributed by atoms with van der Waals surface area (Å²) in [5.74, 6) is 0.761. The van der Waals surface area contributed by atoms with Crippen LogP contribution in [0.25, 0.3) is 0 Å². The lowest BCUT2D eigenvalue weighted by Crippen LogP contribution is -2.10. The summed E-state index contributed by atoms with van der Waals surface area (Å²) in [5.41, 5.74) is 11.3. The van der Waals surface area contributed by atoms with E-state index in [1.165, 1.54) is 0 Å². The summed E-state index contributed by atoms with van der Waals surface area (Å²) >= 11 is 0. The van der Waals surface area contributed by atoms with E-state index in [0.717, 1.165) is 0 Å². The molecule has 0 saturated carbocycles. The lowest BCUT2D eigenvalue weighted by Gasteiger charge is -2.07. The lowest BCUT2D eigenvalue weighted by molar-refractivity contribution is -0.118. The molecule has 0 radical (unpaired) electrons. The van der Waals surface area contributed by atoms with Gasteiger partial charge in [0.15, 0.2) is 0 Å². The van der Waals surface area contributed by atoms with Gasteiger partial charge < -0.3 is 16.2 Å². The van der Waals surface area contributed by atoms with Gasteiger partial charge in [-0.15, -0.1) is 0 Å². The maximum atomic E-state index is 12.0. The predicted octanol–water partition coefficient (Wildman–Crippen LogP) is 1.04. The number of benzene rings is 1. The largest absolute Gasteiger partial charge is 0.497 e. The third-order valence-corrected chi connectivity index (χ3v) is 3.97. The van der Waals surface area contributed by atoms with Crippen molar-refractivity contribution in [3.05, 3.63) is 18.2 Å². The zero-order valence-corrected chi connectivity index (χ0v) is 11.2. The Morgan fingerprint density at radius 3 is 2.72 bits per heavy atom. The van der Waals surface area contributed by atoms with Crippen molar-refractivity contribution >= 4 is 22.4 Å². The van der Waals surface area contributed by atoms with Crippen LogP contribution in [0, 0.1) is 0 Å². The van der Waals surface area contributed by atoms with Gasteiger partial charge in [-0.25, -0.2) is 0 Å². The van der Waals surface area contributed by atoms with Crippen LogP contribution in [0.4, 0.5) is 5.69 Å². The fourth-order valence-corrected chi connectivity index (χ4v) is 2.75. The molecule has 1 atom stereocenters. The minimum atomic E-state index is -1.18. The first-order chi connectivity index (χ1) is 8.54. The molecule has 0 aliphatic carbocycles. The second kappa shape index (κ2) is 7.00. The topological polar surface area (TPSA) is 95.4 Å². The van der Waals surface area contributed by atoms with Crippen molar-refractivity contribution < 1.29 is 13.7 Å². The predicted molar refractivity (Wildman–Crippen MR) is 71.7 cm³/mol. The Bertz CT molecular complexity index is 449. The lowest BCUT2D eigenvalue weighted by atomic mass is 10.2. The van der Waals surface area contributed by atoms with Gasteiger partial charge in [-0.1, -0.05) is 0 Å². The van der Waals surface area contributed by atoms with E-state index in [0.29, 0.717) is 41.3 Å². The molecule has 100 valence electrons. The molecule has 0 aromatic heterocycles. The van der Waals surface area contributed by atoms with E-state index in [4.69, 9.17) is 16.2 Å². The number of hydrogen-bond acceptors (Lipinski definition) is 4. The maximum absolute atomic E-state index is 12.0. The first-order valence-electron chi connectivity index (χ1n) is 5.64. The van der Waals surface area contributed by atoms with Gasteiger partial charge in [-0.3, -0.25) is 9.00 Å². The average Bonchev–Trinajstić information content (AvgIpc) is 2.34. The molecular formula is C12H18N2O3S. The summed E-state index contributed by atoms with van der Waals surface area (Å²) < 4.78 is 17.1. The second-order valence-corrected chi connectivity index (χ2v) is 5.42. The number of ether oxygens (including phenoxy) is 1. The van der Waals surface area contributed by atoms with Crippen LogP contribution in [0.1, 0.15) is 19.3 Å². The fraction of sp³-hybridized carbons (Fsp3) is 0.417. The number of unbranched alkanes of at least 4 members (excludes halogenated alkanes) is 1. The smallest absolute Gasteiger partial charge is 0.217 e. The fourth-order valence-electron chi connectivity index (χ4n) is 1.48. The highest BCUT2D eigenvalue weighted by molar-refractivity contribution is 7.85. The van der Waals surface area contributed by atoms with Gasteiger partial charge in [0.25, 0.3) is 0 Å². The molecule has 0 saturated heterocycles. The molecule has 6 heteroatoms. The van der Waals surface area contributed by atoms with E-state index >= 15 is 0 Å². The van der Waals surface area contributed by atoms with Crippen molar-refractivity contribution in [1.29, 1.82) is 0 Å². The van der Waals surface area contributed by atoms with Crippen LogP contribution in [0.3, 0.4) is 0 Å². The maximum Gasteiger partial charge on any atom is 0.217 e. The third kappa shape index (κ3) is 4.37. The molecule has 1 unspecified atom stereocenters. The standard InChI is InChI=1S/C12H18N2O3S/c1-17-9-5-6-10(13)11(8-9)18(16)7-3-2-4-12(14)15/h5-6,8H,2-4,7,13H2,1H3,(H2,14,15). The Morgan fingerprint density at radius 2 is 2.11 bits per heavy atom. The van der Waals surface area contributed by atoms with Gasteiger partial charge in [-0.05, 0) is 31.0 Å². The number of anilines is 1. The van der Waals surface area contributed by atoms with Crippen molar-refractivity contribution in [1.82, 2.24) is 0 Å². The number of rotatable bonds is 7. The summed E-state index contributed by atoms with van der Waals surface area (Å²) in [5, 5.41) is 0. The van der Waals surface area contributed by atoms with Gasteiger partial charge >= 0.3 is 0 Å². The number of methoxy groups -OCH3 is 1. The van der Waals surface area contributed by atoms with E-state index in [1.807, 2.05) is 0 Å². The monoisotopic (exact) mass is 270 g/mol. The number of hydrogen-bond donors (Lipinski definition) is 2. The minimum absolute atomic E-state index is 0.324. The van der Waals surface area contributed by atoms with Gasteiger partial charge in [0.05, 0.1) is 22.8 Å². The van der Waals surface area contributed by atoms with Gasteiger partial charge in [0.2, 0.25) is 5.91 Å². The Labute approximate surface area is 109 Å². The van der Waals surface area contributed by atoms with Crippen molar-refractivity contribution in [3.63, 3.8) is 0 Å². The molecule has 1 aromatic carbocycles. The first-order valence-corrected chi connectivity index (χ1v) is 6.96. The molecule has 0 aliphatic rings. The summed E-state index contributed by atoms with van der Waals surface area (Å²) in [6, 6.07) is 5.08. The average molecular weight is 270 g/mol. The van der Waals surface area contributed by atoms with E-state index < -0.39 is 10.8 Å². The molecule has 0 aliphatic heterocycles. The van der Waals surface area contributed by atoms with Crippen molar-refractivity contribution in [2.75, 3.05) is 18.6 Å². The van der Waals surface area contributed by atoms with Crippen molar-refractivity contribution in [3.8, 4) is 5.75 Å². The van der Waals surface area contributed by atoms with Crippen molar-refractivity contribution in [2.45, 2.75) is 24.2 Å². The quantitative estimate of drug-likeness (QED) is 0.571. The van der Waals surface area contributed by atoms with Crippen LogP contribution in [-0.4, -0.2) is 23.0 Å². The molecule has 1 amide bonds. The number of nitrogens with two attached hydrogens (primary N) is 2. The Morgan fingerprint density at radius 1 is 1.39 bits per heavy atom. The first kappa shape index (κ1) is 14.5. The summed E-state index contributed by atoms with van der Waals surface area (Å²) in [7, 11) is 0.368. The van der Waals surface area contributed by atoms with E-state index in [2.05, 4.69) is 0 Å². The van der Waals surface area contributed by atoms with Crippen LogP contribution in [0.15, 0.2) is 23.1 Å². The van der Waals surface area contributed by atoms with Crippen LogP contribution in [0.2, 0.25) is 0 Å². The molecule has 0 heterocycles. The normalized spacial score (nSPS) is 12.1. The summed E-state index contributed by atoms with van der Waals surface area (Å²) in [6.07, 6.45) is 1.64. The molecule has 4 N–H and O–H groups in total. The number of carbonyl (C=O) groups is 1. The molecule has 0 bridgehead atoms. The third-order valence-electron chi connectivity index (χ3n) is 2.47. The molecule has 18 heavy (non-hydrogen) atoms. The molecule has 0 fully saturated rings. The van der Waals surface area contributed by atoms with Gasteiger partial charge in [0.1, 0.15) is 5.75 Å². The zero-order chi connectivity index (χ0) is 13.5.